The van der Waals surface area contributed by atoms with Crippen molar-refractivity contribution in [2.24, 2.45) is 28.6 Å². The van der Waals surface area contributed by atoms with Gasteiger partial charge >= 0.3 is 0 Å². The largest absolute Gasteiger partial charge is 0.393 e. The third kappa shape index (κ3) is 7.31. The average Bonchev–Trinajstić information content (AvgIpc) is 3.76. The van der Waals surface area contributed by atoms with E-state index in [1.165, 1.54) is 29.0 Å². The van der Waals surface area contributed by atoms with Crippen LogP contribution in [0.2, 0.25) is 5.02 Å². The van der Waals surface area contributed by atoms with Crippen LogP contribution in [0.3, 0.4) is 0 Å². The van der Waals surface area contributed by atoms with Crippen molar-refractivity contribution in [2.45, 2.75) is 120 Å². The van der Waals surface area contributed by atoms with Crippen LogP contribution in [0.15, 0.2) is 69.8 Å². The second kappa shape index (κ2) is 15.2. The van der Waals surface area contributed by atoms with Gasteiger partial charge in [-0.05, 0) is 141 Å². The molecule has 0 aliphatic heterocycles. The highest BCUT2D eigenvalue weighted by Crippen LogP contribution is 2.62. The zero-order valence-corrected chi connectivity index (χ0v) is 34.4. The zero-order chi connectivity index (χ0) is 38.6. The van der Waals surface area contributed by atoms with Crippen LogP contribution in [0.5, 0.6) is 0 Å². The lowest BCUT2D eigenvalue weighted by molar-refractivity contribution is -0.114. The number of halogens is 2. The van der Waals surface area contributed by atoms with E-state index in [1.807, 2.05) is 18.2 Å². The van der Waals surface area contributed by atoms with Crippen LogP contribution in [0.4, 0.5) is 4.39 Å². The Bertz CT molecular complexity index is 1990. The van der Waals surface area contributed by atoms with Gasteiger partial charge in [0.2, 0.25) is 0 Å². The number of allylic oxidation sites excluding steroid dienone is 2. The summed E-state index contributed by atoms with van der Waals surface area (Å²) in [5, 5.41) is 26.1. The van der Waals surface area contributed by atoms with Crippen molar-refractivity contribution in [3.63, 3.8) is 0 Å². The summed E-state index contributed by atoms with van der Waals surface area (Å²) in [6.45, 7) is 9.13. The van der Waals surface area contributed by atoms with E-state index in [4.69, 9.17) is 11.6 Å². The number of benzene rings is 2. The van der Waals surface area contributed by atoms with Crippen LogP contribution >= 0.6 is 22.9 Å². The van der Waals surface area contributed by atoms with Gasteiger partial charge in [-0.2, -0.15) is 4.31 Å². The molecule has 0 amide bonds. The third-order valence-electron chi connectivity index (χ3n) is 14.3. The molecule has 10 heteroatoms. The van der Waals surface area contributed by atoms with Gasteiger partial charge in [0, 0.05) is 41.1 Å². The second-order valence-corrected chi connectivity index (χ2v) is 21.2. The number of rotatable bonds is 9. The standard InChI is InChI=1S/C44H55ClFNO5S2/c1-28-8-6-19-43(4)36(33-17-13-29(22-32(48)16-12-28)23-34(33)40(49)25-35-38(45)9-5-10-39(35)46)18-20-44(43,50)27-47(54(51,52)41-11-7-21-53-41)26-30-14-15-31-24-37(30)42(31,2)3/h5,7-11,13,17,21,23,30-32,36-37,48,50H,6,12,14-16,18-20,22,24-27H2,1-4H3. The molecule has 2 aromatic carbocycles. The van der Waals surface area contributed by atoms with Crippen LogP contribution in [-0.2, 0) is 22.9 Å². The minimum Gasteiger partial charge on any atom is -0.393 e. The summed E-state index contributed by atoms with van der Waals surface area (Å²) in [5.41, 5.74) is 1.27. The number of aliphatic hydroxyl groups is 2. The van der Waals surface area contributed by atoms with Crippen molar-refractivity contribution in [3.05, 3.63) is 98.7 Å². The van der Waals surface area contributed by atoms with Gasteiger partial charge in [0.1, 0.15) is 10.0 Å². The molecule has 2 N–H and O–H groups in total. The molecular weight excluding hydrogens is 741 g/mol. The SMILES string of the molecule is CC1=CCCC2(C)C(CCC2(O)CN(CC2CCC3CC2C3(C)C)S(=O)(=O)c2cccs2)c2ccc(cc2C(=O)Cc2c(F)cccc2Cl)CC(O)CC1. The molecule has 6 aliphatic carbocycles. The Morgan fingerprint density at radius 3 is 2.56 bits per heavy atom. The lowest BCUT2D eigenvalue weighted by Crippen LogP contribution is -2.58. The first-order valence-electron chi connectivity index (χ1n) is 19.7. The average molecular weight is 797 g/mol. The summed E-state index contributed by atoms with van der Waals surface area (Å²) in [6, 6.07) is 13.6. The molecule has 3 aromatic rings. The Labute approximate surface area is 329 Å². The molecule has 0 saturated heterocycles. The number of aliphatic hydroxyl groups excluding tert-OH is 1. The van der Waals surface area contributed by atoms with Gasteiger partial charge in [-0.15, -0.1) is 11.3 Å². The number of thiophene rings is 1. The number of carbonyl (C=O) groups excluding carboxylic acids is 1. The molecule has 54 heavy (non-hydrogen) atoms. The Balaban J connectivity index is 1.30. The monoisotopic (exact) mass is 795 g/mol. The van der Waals surface area contributed by atoms with Crippen LogP contribution in [0, 0.1) is 34.4 Å². The number of fused-ring (bicyclic) bond motifs is 10. The normalized spacial score (nSPS) is 31.1. The molecule has 292 valence electrons. The summed E-state index contributed by atoms with van der Waals surface area (Å²) in [4.78, 5) is 14.3. The molecule has 7 atom stereocenters. The summed E-state index contributed by atoms with van der Waals surface area (Å²) >= 11 is 7.62. The van der Waals surface area contributed by atoms with E-state index in [0.29, 0.717) is 68.9 Å². The molecule has 1 aromatic heterocycles. The molecule has 6 nitrogen and oxygen atoms in total. The molecule has 7 unspecified atom stereocenters. The Morgan fingerprint density at radius 1 is 1.06 bits per heavy atom. The molecule has 0 radical (unpaired) electrons. The quantitative estimate of drug-likeness (QED) is 0.166. The highest BCUT2D eigenvalue weighted by Gasteiger charge is 2.59. The van der Waals surface area contributed by atoms with Crippen LogP contribution in [0.25, 0.3) is 0 Å². The predicted molar refractivity (Wildman–Crippen MR) is 214 cm³/mol. The van der Waals surface area contributed by atoms with Crippen LogP contribution in [-0.4, -0.2) is 53.5 Å². The maximum atomic E-state index is 15.0. The lowest BCUT2D eigenvalue weighted by atomic mass is 9.45. The minimum atomic E-state index is -3.91. The van der Waals surface area contributed by atoms with Crippen LogP contribution in [0.1, 0.15) is 118 Å². The fourth-order valence-electron chi connectivity index (χ4n) is 10.7. The van der Waals surface area contributed by atoms with Gasteiger partial charge < -0.3 is 10.2 Å². The molecule has 1 heterocycles. The Morgan fingerprint density at radius 2 is 1.85 bits per heavy atom. The Kier molecular flexibility index (Phi) is 11.2. The first-order valence-corrected chi connectivity index (χ1v) is 22.4. The minimum absolute atomic E-state index is 0.0333. The van der Waals surface area contributed by atoms with E-state index < -0.39 is 33.0 Å². The molecule has 4 saturated carbocycles. The molecule has 4 bridgehead atoms. The predicted octanol–water partition coefficient (Wildman–Crippen LogP) is 9.77. The summed E-state index contributed by atoms with van der Waals surface area (Å²) in [5.74, 6) is 0.214. The highest BCUT2D eigenvalue weighted by atomic mass is 35.5. The maximum Gasteiger partial charge on any atom is 0.252 e. The van der Waals surface area contributed by atoms with Gasteiger partial charge in [0.05, 0.1) is 11.7 Å². The van der Waals surface area contributed by atoms with Crippen molar-refractivity contribution >= 4 is 38.7 Å². The molecule has 0 spiro atoms. The van der Waals surface area contributed by atoms with Crippen molar-refractivity contribution < 1.29 is 27.8 Å². The highest BCUT2D eigenvalue weighted by molar-refractivity contribution is 7.91. The smallest absolute Gasteiger partial charge is 0.252 e. The van der Waals surface area contributed by atoms with E-state index >= 15 is 4.39 Å². The topological polar surface area (TPSA) is 94.9 Å². The number of Topliss-reactive ketones (excluding diaryl/α,β-unsaturated/α-hetero) is 1. The molecular formula is C44H55ClFNO5S2. The molecule has 4 fully saturated rings. The number of ketones is 1. The molecule has 9 rings (SSSR count). The number of hydrogen-bond donors (Lipinski definition) is 2. The fraction of sp³-hybridized carbons (Fsp3) is 0.568. The number of carbonyl (C=O) groups is 1. The van der Waals surface area contributed by atoms with Gasteiger partial charge in [0.15, 0.2) is 5.78 Å². The maximum absolute atomic E-state index is 15.0. The fourth-order valence-corrected chi connectivity index (χ4v) is 13.6. The summed E-state index contributed by atoms with van der Waals surface area (Å²) in [6.07, 6.45) is 8.35. The number of nitrogens with zero attached hydrogens (tertiary/aromatic N) is 1. The summed E-state index contributed by atoms with van der Waals surface area (Å²) in [7, 11) is -3.91. The third-order valence-corrected chi connectivity index (χ3v) is 17.9. The van der Waals surface area contributed by atoms with E-state index in [0.717, 1.165) is 30.4 Å². The molecule has 6 aliphatic rings. The Hall–Kier alpha value is -2.40. The van der Waals surface area contributed by atoms with Gasteiger partial charge in [0.25, 0.3) is 10.0 Å². The van der Waals surface area contributed by atoms with Gasteiger partial charge in [-0.1, -0.05) is 68.3 Å². The van der Waals surface area contributed by atoms with E-state index in [9.17, 15) is 23.4 Å². The zero-order valence-electron chi connectivity index (χ0n) is 32.0. The van der Waals surface area contributed by atoms with E-state index in [-0.39, 0.29) is 50.8 Å². The van der Waals surface area contributed by atoms with Gasteiger partial charge in [-0.25, -0.2) is 12.8 Å². The first-order chi connectivity index (χ1) is 25.5. The van der Waals surface area contributed by atoms with Crippen molar-refractivity contribution in [2.75, 3.05) is 13.1 Å². The lowest BCUT2D eigenvalue weighted by Gasteiger charge is -2.60. The second-order valence-electron chi connectivity index (χ2n) is 17.7. The van der Waals surface area contributed by atoms with Crippen molar-refractivity contribution in [3.8, 4) is 0 Å². The van der Waals surface area contributed by atoms with E-state index in [1.54, 1.807) is 27.9 Å². The number of hydrogen-bond acceptors (Lipinski definition) is 6. The van der Waals surface area contributed by atoms with Gasteiger partial charge in [-0.3, -0.25) is 4.79 Å². The van der Waals surface area contributed by atoms with Crippen molar-refractivity contribution in [1.82, 2.24) is 4.31 Å². The summed E-state index contributed by atoms with van der Waals surface area (Å²) < 4.78 is 46.1. The number of sulfonamides is 1. The van der Waals surface area contributed by atoms with E-state index in [2.05, 4.69) is 33.8 Å². The van der Waals surface area contributed by atoms with Crippen molar-refractivity contribution in [1.29, 1.82) is 0 Å². The van der Waals surface area contributed by atoms with Crippen LogP contribution < -0.4 is 0 Å². The first kappa shape index (κ1) is 39.8.